The van der Waals surface area contributed by atoms with Gasteiger partial charge in [-0.2, -0.15) is 0 Å². The summed E-state index contributed by atoms with van der Waals surface area (Å²) in [6, 6.07) is 3.74. The predicted octanol–water partition coefficient (Wildman–Crippen LogP) is 1.81. The molecule has 0 heterocycles. The van der Waals surface area contributed by atoms with E-state index >= 15 is 0 Å². The highest BCUT2D eigenvalue weighted by Crippen LogP contribution is 2.33. The summed E-state index contributed by atoms with van der Waals surface area (Å²) in [5, 5.41) is 9.40. The normalized spacial score (nSPS) is 18.1. The second-order valence-corrected chi connectivity index (χ2v) is 7.24. The van der Waals surface area contributed by atoms with Crippen LogP contribution in [0.5, 0.6) is 0 Å². The van der Waals surface area contributed by atoms with Crippen molar-refractivity contribution >= 4 is 10.0 Å². The van der Waals surface area contributed by atoms with Crippen LogP contribution in [0.15, 0.2) is 17.0 Å². The number of aryl methyl sites for hydroxylation is 3. The van der Waals surface area contributed by atoms with E-state index in [4.69, 9.17) is 0 Å². The lowest BCUT2D eigenvalue weighted by atomic mass is 9.78. The SMILES string of the molecule is Cc1cc(C)c(S(=O)(=O)NC2(CO)CCC2)c(C)c1. The molecular weight excluding hydrogens is 262 g/mol. The third kappa shape index (κ3) is 2.68. The van der Waals surface area contributed by atoms with Gasteiger partial charge in [0.1, 0.15) is 0 Å². The van der Waals surface area contributed by atoms with E-state index in [0.29, 0.717) is 17.7 Å². The molecule has 1 aromatic rings. The molecule has 1 aromatic carbocycles. The fourth-order valence-corrected chi connectivity index (χ4v) is 4.73. The van der Waals surface area contributed by atoms with Gasteiger partial charge in [0.15, 0.2) is 0 Å². The molecule has 4 nitrogen and oxygen atoms in total. The molecule has 0 saturated heterocycles. The smallest absolute Gasteiger partial charge is 0.241 e. The summed E-state index contributed by atoms with van der Waals surface area (Å²) in [6.07, 6.45) is 2.36. The molecule has 5 heteroatoms. The number of benzene rings is 1. The maximum absolute atomic E-state index is 12.5. The Balaban J connectivity index is 2.40. The summed E-state index contributed by atoms with van der Waals surface area (Å²) in [5.74, 6) is 0. The predicted molar refractivity (Wildman–Crippen MR) is 74.6 cm³/mol. The van der Waals surface area contributed by atoms with E-state index in [9.17, 15) is 13.5 Å². The molecular formula is C14H21NO3S. The zero-order valence-corrected chi connectivity index (χ0v) is 12.5. The summed E-state index contributed by atoms with van der Waals surface area (Å²) in [6.45, 7) is 5.42. The van der Waals surface area contributed by atoms with E-state index in [1.165, 1.54) is 0 Å². The van der Waals surface area contributed by atoms with E-state index in [1.54, 1.807) is 13.8 Å². The van der Waals surface area contributed by atoms with Crippen LogP contribution in [0.1, 0.15) is 36.0 Å². The Kier molecular flexibility index (Phi) is 3.73. The average molecular weight is 283 g/mol. The van der Waals surface area contributed by atoms with Crippen molar-refractivity contribution in [2.24, 2.45) is 0 Å². The molecule has 0 aliphatic heterocycles. The Morgan fingerprint density at radius 3 is 2.11 bits per heavy atom. The van der Waals surface area contributed by atoms with Crippen molar-refractivity contribution in [3.63, 3.8) is 0 Å². The minimum absolute atomic E-state index is 0.143. The van der Waals surface area contributed by atoms with Crippen molar-refractivity contribution in [1.29, 1.82) is 0 Å². The maximum atomic E-state index is 12.5. The molecule has 2 rings (SSSR count). The largest absolute Gasteiger partial charge is 0.394 e. The molecule has 0 aromatic heterocycles. The van der Waals surface area contributed by atoms with Gasteiger partial charge in [-0.15, -0.1) is 0 Å². The van der Waals surface area contributed by atoms with Gasteiger partial charge in [0, 0.05) is 0 Å². The zero-order chi connectivity index (χ0) is 14.3. The van der Waals surface area contributed by atoms with Crippen molar-refractivity contribution in [3.8, 4) is 0 Å². The van der Waals surface area contributed by atoms with Crippen LogP contribution in [0, 0.1) is 20.8 Å². The fourth-order valence-electron chi connectivity index (χ4n) is 2.82. The number of nitrogens with one attached hydrogen (secondary N) is 1. The minimum atomic E-state index is -3.58. The van der Waals surface area contributed by atoms with Crippen LogP contribution in [0.2, 0.25) is 0 Å². The maximum Gasteiger partial charge on any atom is 0.241 e. The van der Waals surface area contributed by atoms with Gasteiger partial charge >= 0.3 is 0 Å². The Morgan fingerprint density at radius 1 is 1.21 bits per heavy atom. The molecule has 0 spiro atoms. The summed E-state index contributed by atoms with van der Waals surface area (Å²) >= 11 is 0. The van der Waals surface area contributed by atoms with E-state index in [0.717, 1.165) is 23.1 Å². The fraction of sp³-hybridized carbons (Fsp3) is 0.571. The highest BCUT2D eigenvalue weighted by molar-refractivity contribution is 7.89. The van der Waals surface area contributed by atoms with Crippen LogP contribution in [0.3, 0.4) is 0 Å². The Hall–Kier alpha value is -0.910. The first-order valence-corrected chi connectivity index (χ1v) is 8.01. The van der Waals surface area contributed by atoms with E-state index in [2.05, 4.69) is 4.72 Å². The van der Waals surface area contributed by atoms with Gasteiger partial charge < -0.3 is 5.11 Å². The minimum Gasteiger partial charge on any atom is -0.394 e. The first-order valence-electron chi connectivity index (χ1n) is 6.52. The molecule has 0 radical (unpaired) electrons. The molecule has 1 aliphatic rings. The monoisotopic (exact) mass is 283 g/mol. The summed E-state index contributed by atoms with van der Waals surface area (Å²) < 4.78 is 27.8. The van der Waals surface area contributed by atoms with Gasteiger partial charge in [-0.3, -0.25) is 0 Å². The van der Waals surface area contributed by atoms with E-state index in [-0.39, 0.29) is 6.61 Å². The van der Waals surface area contributed by atoms with Crippen molar-refractivity contribution in [2.75, 3.05) is 6.61 Å². The first-order chi connectivity index (χ1) is 8.80. The van der Waals surface area contributed by atoms with Gasteiger partial charge in [-0.05, 0) is 51.2 Å². The summed E-state index contributed by atoms with van der Waals surface area (Å²) in [7, 11) is -3.58. The zero-order valence-electron chi connectivity index (χ0n) is 11.7. The van der Waals surface area contributed by atoms with Crippen molar-refractivity contribution < 1.29 is 13.5 Å². The molecule has 1 saturated carbocycles. The molecule has 0 amide bonds. The Bertz CT molecular complexity index is 560. The van der Waals surface area contributed by atoms with Gasteiger partial charge in [0.25, 0.3) is 0 Å². The van der Waals surface area contributed by atoms with Crippen LogP contribution < -0.4 is 4.72 Å². The van der Waals surface area contributed by atoms with Crippen LogP contribution in [0.4, 0.5) is 0 Å². The first kappa shape index (κ1) is 14.5. The number of hydrogen-bond acceptors (Lipinski definition) is 3. The standard InChI is InChI=1S/C14H21NO3S/c1-10-7-11(2)13(12(3)8-10)19(17,18)15-14(9-16)5-4-6-14/h7-8,15-16H,4-6,9H2,1-3H3. The second kappa shape index (κ2) is 4.89. The van der Waals surface area contributed by atoms with Gasteiger partial charge in [-0.25, -0.2) is 13.1 Å². The van der Waals surface area contributed by atoms with Crippen molar-refractivity contribution in [1.82, 2.24) is 4.72 Å². The van der Waals surface area contributed by atoms with Crippen molar-refractivity contribution in [2.45, 2.75) is 50.5 Å². The third-order valence-corrected chi connectivity index (χ3v) is 5.72. The quantitative estimate of drug-likeness (QED) is 0.885. The van der Waals surface area contributed by atoms with Gasteiger partial charge in [-0.1, -0.05) is 17.7 Å². The third-order valence-electron chi connectivity index (χ3n) is 3.84. The molecule has 1 aliphatic carbocycles. The average Bonchev–Trinajstić information content (AvgIpc) is 2.21. The van der Waals surface area contributed by atoms with E-state index < -0.39 is 15.6 Å². The van der Waals surface area contributed by atoms with E-state index in [1.807, 2.05) is 19.1 Å². The highest BCUT2D eigenvalue weighted by Gasteiger charge is 2.40. The molecule has 1 fully saturated rings. The Morgan fingerprint density at radius 2 is 1.74 bits per heavy atom. The number of sulfonamides is 1. The molecule has 0 unspecified atom stereocenters. The van der Waals surface area contributed by atoms with Crippen molar-refractivity contribution in [3.05, 3.63) is 28.8 Å². The van der Waals surface area contributed by atoms with Crippen LogP contribution in [0.25, 0.3) is 0 Å². The number of aliphatic hydroxyl groups is 1. The summed E-state index contributed by atoms with van der Waals surface area (Å²) in [4.78, 5) is 0.345. The Labute approximate surface area is 114 Å². The summed E-state index contributed by atoms with van der Waals surface area (Å²) in [5.41, 5.74) is 1.90. The van der Waals surface area contributed by atoms with Crippen LogP contribution >= 0.6 is 0 Å². The molecule has 0 atom stereocenters. The lowest BCUT2D eigenvalue weighted by Crippen LogP contribution is -2.56. The number of aliphatic hydroxyl groups excluding tert-OH is 1. The molecule has 0 bridgehead atoms. The second-order valence-electron chi connectivity index (χ2n) is 5.63. The van der Waals surface area contributed by atoms with Crippen LogP contribution in [-0.4, -0.2) is 25.7 Å². The molecule has 106 valence electrons. The van der Waals surface area contributed by atoms with Gasteiger partial charge in [0.05, 0.1) is 17.0 Å². The van der Waals surface area contributed by atoms with Gasteiger partial charge in [0.2, 0.25) is 10.0 Å². The highest BCUT2D eigenvalue weighted by atomic mass is 32.2. The lowest BCUT2D eigenvalue weighted by Gasteiger charge is -2.40. The molecule has 2 N–H and O–H groups in total. The topological polar surface area (TPSA) is 66.4 Å². The molecule has 19 heavy (non-hydrogen) atoms. The number of rotatable bonds is 4. The van der Waals surface area contributed by atoms with Crippen LogP contribution in [-0.2, 0) is 10.0 Å². The lowest BCUT2D eigenvalue weighted by molar-refractivity contribution is 0.110. The number of hydrogen-bond donors (Lipinski definition) is 2.